The molecule has 2 aromatic rings. The predicted molar refractivity (Wildman–Crippen MR) is 99.1 cm³/mol. The van der Waals surface area contributed by atoms with Crippen LogP contribution in [0.3, 0.4) is 0 Å². The standard InChI is InChI=1S/C17H19N3O8S/c18-9-4-6-10(7-5-9)29(26,27)20(11-3-1-2-8-19-11)16-14(23)12(21)13(22)15(28-16)17(24)25/h1-8,12-16,21-23H,18H2,(H,24,25). The van der Waals surface area contributed by atoms with Gasteiger partial charge in [0.1, 0.15) is 24.1 Å². The molecule has 0 bridgehead atoms. The van der Waals surface area contributed by atoms with Crippen LogP contribution in [0.5, 0.6) is 0 Å². The highest BCUT2D eigenvalue weighted by molar-refractivity contribution is 7.92. The number of hydrogen-bond donors (Lipinski definition) is 5. The first kappa shape index (κ1) is 21.0. The Balaban J connectivity index is 2.13. The van der Waals surface area contributed by atoms with Crippen LogP contribution in [-0.2, 0) is 19.6 Å². The Morgan fingerprint density at radius 1 is 1.03 bits per heavy atom. The molecule has 1 aromatic carbocycles. The Labute approximate surface area is 165 Å². The SMILES string of the molecule is Nc1ccc(S(=O)(=O)N(c2ccccn2)C2OC(C(=O)O)C(O)C(O)C2O)cc1. The second-order valence-corrected chi connectivity index (χ2v) is 8.13. The molecular formula is C17H19N3O8S. The molecule has 1 saturated heterocycles. The van der Waals surface area contributed by atoms with Crippen molar-refractivity contribution >= 4 is 27.5 Å². The molecule has 0 aliphatic carbocycles. The maximum atomic E-state index is 13.3. The van der Waals surface area contributed by atoms with E-state index in [1.54, 1.807) is 0 Å². The van der Waals surface area contributed by atoms with E-state index >= 15 is 0 Å². The summed E-state index contributed by atoms with van der Waals surface area (Å²) in [6, 6.07) is 9.43. The molecule has 11 nitrogen and oxygen atoms in total. The summed E-state index contributed by atoms with van der Waals surface area (Å²) in [6.45, 7) is 0. The molecule has 12 heteroatoms. The lowest BCUT2D eigenvalue weighted by Crippen LogP contribution is -2.65. The van der Waals surface area contributed by atoms with Crippen molar-refractivity contribution in [2.45, 2.75) is 35.5 Å². The molecule has 2 heterocycles. The number of aliphatic hydroxyl groups is 3. The number of nitrogens with two attached hydrogens (primary N) is 1. The van der Waals surface area contributed by atoms with Gasteiger partial charge in [0, 0.05) is 11.9 Å². The summed E-state index contributed by atoms with van der Waals surface area (Å²) in [5, 5.41) is 39.7. The predicted octanol–water partition coefficient (Wildman–Crippen LogP) is -1.25. The van der Waals surface area contributed by atoms with E-state index in [0.717, 1.165) is 0 Å². The summed E-state index contributed by atoms with van der Waals surface area (Å²) in [6.07, 6.45) is -8.49. The number of carbonyl (C=O) groups is 1. The second kappa shape index (κ2) is 7.93. The van der Waals surface area contributed by atoms with Gasteiger partial charge < -0.3 is 30.9 Å². The van der Waals surface area contributed by atoms with Gasteiger partial charge in [0.15, 0.2) is 12.3 Å². The molecule has 5 atom stereocenters. The van der Waals surface area contributed by atoms with E-state index in [9.17, 15) is 33.6 Å². The van der Waals surface area contributed by atoms with Gasteiger partial charge in [-0.05, 0) is 36.4 Å². The Hall–Kier alpha value is -2.77. The van der Waals surface area contributed by atoms with E-state index in [4.69, 9.17) is 10.5 Å². The lowest BCUT2D eigenvalue weighted by molar-refractivity contribution is -0.224. The Morgan fingerprint density at radius 2 is 1.69 bits per heavy atom. The van der Waals surface area contributed by atoms with Crippen molar-refractivity contribution in [2.24, 2.45) is 0 Å². The average Bonchev–Trinajstić information content (AvgIpc) is 2.69. The molecule has 1 aliphatic rings. The molecule has 6 N–H and O–H groups in total. The van der Waals surface area contributed by atoms with Gasteiger partial charge in [0.05, 0.1) is 4.90 Å². The average molecular weight is 425 g/mol. The smallest absolute Gasteiger partial charge is 0.335 e. The minimum absolute atomic E-state index is 0.193. The Morgan fingerprint density at radius 3 is 2.24 bits per heavy atom. The molecule has 156 valence electrons. The van der Waals surface area contributed by atoms with Crippen LogP contribution in [0.4, 0.5) is 11.5 Å². The van der Waals surface area contributed by atoms with Crippen LogP contribution in [0, 0.1) is 0 Å². The molecule has 1 aliphatic heterocycles. The Bertz CT molecular complexity index is 970. The van der Waals surface area contributed by atoms with Crippen molar-refractivity contribution < 1.29 is 38.4 Å². The van der Waals surface area contributed by atoms with Crippen LogP contribution < -0.4 is 10.0 Å². The molecule has 3 rings (SSSR count). The highest BCUT2D eigenvalue weighted by atomic mass is 32.2. The monoisotopic (exact) mass is 425 g/mol. The summed E-state index contributed by atoms with van der Waals surface area (Å²) in [5.74, 6) is -1.83. The largest absolute Gasteiger partial charge is 0.479 e. The molecule has 5 unspecified atom stereocenters. The highest BCUT2D eigenvalue weighted by Gasteiger charge is 2.51. The number of aliphatic hydroxyl groups excluding tert-OH is 3. The topological polar surface area (TPSA) is 184 Å². The molecule has 0 saturated carbocycles. The van der Waals surface area contributed by atoms with E-state index < -0.39 is 46.6 Å². The summed E-state index contributed by atoms with van der Waals surface area (Å²) < 4.78 is 32.4. The highest BCUT2D eigenvalue weighted by Crippen LogP contribution is 2.32. The number of sulfonamides is 1. The zero-order chi connectivity index (χ0) is 21.3. The first-order valence-electron chi connectivity index (χ1n) is 8.38. The third-order valence-electron chi connectivity index (χ3n) is 4.37. The quantitative estimate of drug-likeness (QED) is 0.363. The number of carboxylic acids is 1. The van der Waals surface area contributed by atoms with Crippen LogP contribution in [0.15, 0.2) is 53.6 Å². The maximum absolute atomic E-state index is 13.3. The van der Waals surface area contributed by atoms with Crippen LogP contribution in [0.1, 0.15) is 0 Å². The van der Waals surface area contributed by atoms with Crippen molar-refractivity contribution in [1.29, 1.82) is 0 Å². The van der Waals surface area contributed by atoms with Gasteiger partial charge in [-0.3, -0.25) is 0 Å². The minimum atomic E-state index is -4.45. The number of nitrogens with zero attached hydrogens (tertiary/aromatic N) is 2. The molecule has 1 fully saturated rings. The van der Waals surface area contributed by atoms with Crippen LogP contribution in [0.25, 0.3) is 0 Å². The number of hydrogen-bond acceptors (Lipinski definition) is 9. The third-order valence-corrected chi connectivity index (χ3v) is 6.16. The van der Waals surface area contributed by atoms with E-state index in [-0.39, 0.29) is 10.7 Å². The zero-order valence-corrected chi connectivity index (χ0v) is 15.6. The van der Waals surface area contributed by atoms with E-state index in [2.05, 4.69) is 4.98 Å². The molecule has 0 amide bonds. The van der Waals surface area contributed by atoms with Crippen LogP contribution >= 0.6 is 0 Å². The molecule has 29 heavy (non-hydrogen) atoms. The van der Waals surface area contributed by atoms with E-state index in [1.807, 2.05) is 0 Å². The lowest BCUT2D eigenvalue weighted by atomic mass is 9.98. The molecule has 1 aromatic heterocycles. The summed E-state index contributed by atoms with van der Waals surface area (Å²) >= 11 is 0. The van der Waals surface area contributed by atoms with E-state index in [0.29, 0.717) is 9.99 Å². The van der Waals surface area contributed by atoms with Gasteiger partial charge in [-0.15, -0.1) is 0 Å². The fraction of sp³-hybridized carbons (Fsp3) is 0.294. The van der Waals surface area contributed by atoms with Crippen molar-refractivity contribution in [3.63, 3.8) is 0 Å². The normalized spacial score (nSPS) is 27.3. The van der Waals surface area contributed by atoms with Crippen molar-refractivity contribution in [2.75, 3.05) is 10.0 Å². The van der Waals surface area contributed by atoms with Crippen LogP contribution in [-0.4, -0.2) is 70.4 Å². The van der Waals surface area contributed by atoms with Gasteiger partial charge in [-0.1, -0.05) is 6.07 Å². The zero-order valence-electron chi connectivity index (χ0n) is 14.8. The number of aliphatic carboxylic acids is 1. The Kier molecular flexibility index (Phi) is 5.73. The van der Waals surface area contributed by atoms with Gasteiger partial charge in [0.2, 0.25) is 0 Å². The first-order chi connectivity index (χ1) is 13.6. The summed E-state index contributed by atoms with van der Waals surface area (Å²) in [4.78, 5) is 15.1. The van der Waals surface area contributed by atoms with Gasteiger partial charge in [-0.25, -0.2) is 22.5 Å². The number of benzene rings is 1. The van der Waals surface area contributed by atoms with Gasteiger partial charge in [-0.2, -0.15) is 0 Å². The molecule has 0 spiro atoms. The third kappa shape index (κ3) is 3.88. The van der Waals surface area contributed by atoms with Crippen molar-refractivity contribution in [1.82, 2.24) is 4.98 Å². The second-order valence-electron chi connectivity index (χ2n) is 6.32. The number of nitrogen functional groups attached to an aromatic ring is 1. The number of rotatable bonds is 5. The summed E-state index contributed by atoms with van der Waals surface area (Å²) in [5.41, 5.74) is 5.91. The minimum Gasteiger partial charge on any atom is -0.479 e. The first-order valence-corrected chi connectivity index (χ1v) is 9.82. The van der Waals surface area contributed by atoms with Gasteiger partial charge in [0.25, 0.3) is 10.0 Å². The van der Waals surface area contributed by atoms with E-state index in [1.165, 1.54) is 48.7 Å². The number of pyridine rings is 1. The number of ether oxygens (including phenoxy) is 1. The van der Waals surface area contributed by atoms with Crippen LogP contribution in [0.2, 0.25) is 0 Å². The number of aromatic nitrogens is 1. The number of anilines is 2. The van der Waals surface area contributed by atoms with Gasteiger partial charge >= 0.3 is 5.97 Å². The van der Waals surface area contributed by atoms with Crippen molar-refractivity contribution in [3.05, 3.63) is 48.7 Å². The maximum Gasteiger partial charge on any atom is 0.335 e. The summed E-state index contributed by atoms with van der Waals surface area (Å²) in [7, 11) is -4.45. The molecular weight excluding hydrogens is 406 g/mol. The molecule has 0 radical (unpaired) electrons. The fourth-order valence-electron chi connectivity index (χ4n) is 2.89. The number of carboxylic acid groups (broad SMARTS) is 1. The fourth-order valence-corrected chi connectivity index (χ4v) is 4.40. The lowest BCUT2D eigenvalue weighted by Gasteiger charge is -2.43. The van der Waals surface area contributed by atoms with Crippen molar-refractivity contribution in [3.8, 4) is 0 Å².